The number of hydrogen-bond acceptors (Lipinski definition) is 4. The third-order valence-corrected chi connectivity index (χ3v) is 3.31. The number of nitrogens with one attached hydrogen (secondary N) is 1. The van der Waals surface area contributed by atoms with Gasteiger partial charge in [0.15, 0.2) is 0 Å². The number of hydrogen-bond donors (Lipinski definition) is 1. The maximum absolute atomic E-state index is 12.1. The number of halogens is 1. The highest BCUT2D eigenvalue weighted by atomic mass is 35.5. The van der Waals surface area contributed by atoms with Gasteiger partial charge in [-0.3, -0.25) is 9.48 Å². The average molecular weight is 296 g/mol. The Morgan fingerprint density at radius 1 is 1.40 bits per heavy atom. The monoisotopic (exact) mass is 295 g/mol. The molecule has 0 aliphatic heterocycles. The van der Waals surface area contributed by atoms with Crippen LogP contribution in [0.5, 0.6) is 0 Å². The van der Waals surface area contributed by atoms with E-state index in [4.69, 9.17) is 11.6 Å². The standard InChI is InChI=1S/C13H18ClN5O/c1-5-9-11(7-18(4)17-9)16-10-6-15-19(8(2)3)13(20)12(10)14/h6-8,16H,5H2,1-4H3. The molecule has 2 rings (SSSR count). The average Bonchev–Trinajstić information content (AvgIpc) is 2.75. The van der Waals surface area contributed by atoms with Gasteiger partial charge in [0.1, 0.15) is 5.02 Å². The van der Waals surface area contributed by atoms with Crippen LogP contribution in [0.2, 0.25) is 5.02 Å². The van der Waals surface area contributed by atoms with Crippen LogP contribution in [0.15, 0.2) is 17.2 Å². The molecule has 2 heterocycles. The lowest BCUT2D eigenvalue weighted by molar-refractivity contribution is 0.503. The second kappa shape index (κ2) is 5.66. The van der Waals surface area contributed by atoms with E-state index in [-0.39, 0.29) is 16.6 Å². The zero-order chi connectivity index (χ0) is 14.9. The van der Waals surface area contributed by atoms with Gasteiger partial charge < -0.3 is 5.32 Å². The minimum atomic E-state index is -0.298. The number of rotatable bonds is 4. The summed E-state index contributed by atoms with van der Waals surface area (Å²) in [7, 11) is 1.85. The van der Waals surface area contributed by atoms with Gasteiger partial charge >= 0.3 is 0 Å². The van der Waals surface area contributed by atoms with Crippen LogP contribution >= 0.6 is 11.6 Å². The van der Waals surface area contributed by atoms with Crippen LogP contribution in [0.4, 0.5) is 11.4 Å². The molecule has 0 amide bonds. The van der Waals surface area contributed by atoms with Gasteiger partial charge in [-0.1, -0.05) is 18.5 Å². The highest BCUT2D eigenvalue weighted by molar-refractivity contribution is 6.33. The van der Waals surface area contributed by atoms with Crippen molar-refractivity contribution in [1.29, 1.82) is 0 Å². The molecule has 0 aliphatic carbocycles. The van der Waals surface area contributed by atoms with Crippen molar-refractivity contribution in [3.63, 3.8) is 0 Å². The molecular weight excluding hydrogens is 278 g/mol. The van der Waals surface area contributed by atoms with E-state index in [9.17, 15) is 4.79 Å². The molecule has 0 fully saturated rings. The third kappa shape index (κ3) is 2.70. The summed E-state index contributed by atoms with van der Waals surface area (Å²) in [6.07, 6.45) is 4.20. The van der Waals surface area contributed by atoms with Crippen molar-refractivity contribution in [3.8, 4) is 0 Å². The summed E-state index contributed by atoms with van der Waals surface area (Å²) in [5, 5.41) is 11.7. The first-order valence-electron chi connectivity index (χ1n) is 6.50. The molecule has 20 heavy (non-hydrogen) atoms. The number of aromatic nitrogens is 4. The van der Waals surface area contributed by atoms with E-state index in [2.05, 4.69) is 15.5 Å². The molecule has 2 aromatic heterocycles. The van der Waals surface area contributed by atoms with Gasteiger partial charge in [0.25, 0.3) is 5.56 Å². The SMILES string of the molecule is CCc1nn(C)cc1Nc1cnn(C(C)C)c(=O)c1Cl. The second-order valence-electron chi connectivity index (χ2n) is 4.86. The van der Waals surface area contributed by atoms with Gasteiger partial charge in [0, 0.05) is 13.2 Å². The summed E-state index contributed by atoms with van der Waals surface area (Å²) < 4.78 is 3.08. The van der Waals surface area contributed by atoms with E-state index in [0.29, 0.717) is 5.69 Å². The van der Waals surface area contributed by atoms with Gasteiger partial charge in [-0.25, -0.2) is 4.68 Å². The molecule has 0 spiro atoms. The van der Waals surface area contributed by atoms with E-state index in [0.717, 1.165) is 17.8 Å². The Morgan fingerprint density at radius 2 is 2.10 bits per heavy atom. The first kappa shape index (κ1) is 14.6. The number of aryl methyl sites for hydroxylation is 2. The van der Waals surface area contributed by atoms with Gasteiger partial charge in [-0.05, 0) is 20.3 Å². The van der Waals surface area contributed by atoms with Gasteiger partial charge in [-0.15, -0.1) is 0 Å². The molecule has 0 unspecified atom stereocenters. The molecule has 0 saturated carbocycles. The van der Waals surface area contributed by atoms with Crippen LogP contribution in [0.1, 0.15) is 32.5 Å². The predicted octanol–water partition coefficient (Wildman–Crippen LogP) is 2.52. The van der Waals surface area contributed by atoms with Crippen molar-refractivity contribution < 1.29 is 0 Å². The summed E-state index contributed by atoms with van der Waals surface area (Å²) in [5.74, 6) is 0. The lowest BCUT2D eigenvalue weighted by Gasteiger charge is -2.11. The number of nitrogens with zero attached hydrogens (tertiary/aromatic N) is 4. The Hall–Kier alpha value is -1.82. The Morgan fingerprint density at radius 3 is 2.70 bits per heavy atom. The maximum Gasteiger partial charge on any atom is 0.287 e. The Balaban J connectivity index is 2.40. The smallest absolute Gasteiger partial charge is 0.287 e. The van der Waals surface area contributed by atoms with Crippen LogP contribution in [0, 0.1) is 0 Å². The fraction of sp³-hybridized carbons (Fsp3) is 0.462. The topological polar surface area (TPSA) is 64.7 Å². The predicted molar refractivity (Wildman–Crippen MR) is 79.8 cm³/mol. The van der Waals surface area contributed by atoms with Crippen molar-refractivity contribution >= 4 is 23.0 Å². The first-order valence-corrected chi connectivity index (χ1v) is 6.88. The zero-order valence-electron chi connectivity index (χ0n) is 12.0. The Bertz CT molecular complexity index is 674. The molecule has 1 N–H and O–H groups in total. The summed E-state index contributed by atoms with van der Waals surface area (Å²) in [6, 6.07) is -0.0290. The summed E-state index contributed by atoms with van der Waals surface area (Å²) in [4.78, 5) is 12.1. The lowest BCUT2D eigenvalue weighted by atomic mass is 10.3. The zero-order valence-corrected chi connectivity index (χ0v) is 12.8. The largest absolute Gasteiger partial charge is 0.350 e. The van der Waals surface area contributed by atoms with E-state index < -0.39 is 0 Å². The van der Waals surface area contributed by atoms with Crippen molar-refractivity contribution in [3.05, 3.63) is 33.5 Å². The summed E-state index contributed by atoms with van der Waals surface area (Å²) in [5.41, 5.74) is 1.95. The van der Waals surface area contributed by atoms with Crippen LogP contribution < -0.4 is 10.9 Å². The fourth-order valence-corrected chi connectivity index (χ4v) is 2.13. The summed E-state index contributed by atoms with van der Waals surface area (Å²) >= 11 is 6.13. The fourth-order valence-electron chi connectivity index (χ4n) is 1.94. The van der Waals surface area contributed by atoms with Crippen molar-refractivity contribution in [2.45, 2.75) is 33.2 Å². The first-order chi connectivity index (χ1) is 9.43. The van der Waals surface area contributed by atoms with E-state index in [1.165, 1.54) is 4.68 Å². The van der Waals surface area contributed by atoms with E-state index >= 15 is 0 Å². The molecule has 0 saturated heterocycles. The highest BCUT2D eigenvalue weighted by Crippen LogP contribution is 2.24. The Kier molecular flexibility index (Phi) is 4.13. The quantitative estimate of drug-likeness (QED) is 0.941. The van der Waals surface area contributed by atoms with Crippen LogP contribution in [-0.2, 0) is 13.5 Å². The third-order valence-electron chi connectivity index (χ3n) is 2.94. The molecule has 0 aliphatic rings. The van der Waals surface area contributed by atoms with E-state index in [1.807, 2.05) is 34.0 Å². The van der Waals surface area contributed by atoms with Crippen LogP contribution in [0.3, 0.4) is 0 Å². The van der Waals surface area contributed by atoms with Gasteiger partial charge in [0.2, 0.25) is 0 Å². The molecule has 6 nitrogen and oxygen atoms in total. The Labute approximate surface area is 122 Å². The molecule has 108 valence electrons. The minimum absolute atomic E-state index is 0.0290. The van der Waals surface area contributed by atoms with Crippen LogP contribution in [-0.4, -0.2) is 19.6 Å². The lowest BCUT2D eigenvalue weighted by Crippen LogP contribution is -2.25. The molecule has 7 heteroatoms. The minimum Gasteiger partial charge on any atom is -0.350 e. The normalized spacial score (nSPS) is 11.1. The van der Waals surface area contributed by atoms with Gasteiger partial charge in [0.05, 0.1) is 29.3 Å². The molecule has 0 radical (unpaired) electrons. The molecule has 0 atom stereocenters. The summed E-state index contributed by atoms with van der Waals surface area (Å²) in [6.45, 7) is 5.78. The molecular formula is C13H18ClN5O. The molecule has 0 aromatic carbocycles. The second-order valence-corrected chi connectivity index (χ2v) is 5.24. The molecule has 2 aromatic rings. The van der Waals surface area contributed by atoms with Crippen molar-refractivity contribution in [2.75, 3.05) is 5.32 Å². The highest BCUT2D eigenvalue weighted by Gasteiger charge is 2.13. The number of anilines is 2. The van der Waals surface area contributed by atoms with Crippen molar-refractivity contribution in [2.24, 2.45) is 7.05 Å². The maximum atomic E-state index is 12.1. The van der Waals surface area contributed by atoms with E-state index in [1.54, 1.807) is 10.9 Å². The molecule has 0 bridgehead atoms. The van der Waals surface area contributed by atoms with Gasteiger partial charge in [-0.2, -0.15) is 10.2 Å². The van der Waals surface area contributed by atoms with Crippen molar-refractivity contribution in [1.82, 2.24) is 19.6 Å². The van der Waals surface area contributed by atoms with Crippen LogP contribution in [0.25, 0.3) is 0 Å².